The van der Waals surface area contributed by atoms with E-state index in [1.54, 1.807) is 13.8 Å². The number of hydrogen-bond acceptors (Lipinski definition) is 12. The molecule has 12 nitrogen and oxygen atoms in total. The lowest BCUT2D eigenvalue weighted by molar-refractivity contribution is -0.282. The lowest BCUT2D eigenvalue weighted by Crippen LogP contribution is -2.71. The molecule has 232 valence electrons. The minimum Gasteiger partial charge on any atom is -0.507 e. The average molecular weight is 601 g/mol. The fraction of sp³-hybridized carbons (Fsp3) is 0.581. The highest BCUT2D eigenvalue weighted by Crippen LogP contribution is 2.54. The van der Waals surface area contributed by atoms with Gasteiger partial charge in [0.2, 0.25) is 0 Å². The maximum atomic E-state index is 14.3. The largest absolute Gasteiger partial charge is 0.507 e. The Balaban J connectivity index is 1.47. The standard InChI is InChI=1S/C31H36O12/c1-13-18(32)6-7-22(42-13)43-31-21(34)11-29(3,39)12-30(31,40)9-8-17-24(31)28(38)16-5-4-15(26(36)23(16)27(17)37)20-10-19(33)25(35)14(2)41-20/h4-5,8-9,13-14,18-20,22,25,32-33,35-36,39-40H,6-7,10-12H2,1-3H3/t13-,14?,18-,19?,20?,22-,25?,29?,30?,31?/m0/s1. The molecule has 7 unspecified atom stereocenters. The second-order valence-electron chi connectivity index (χ2n) is 12.7. The van der Waals surface area contributed by atoms with E-state index < -0.39 is 101 Å². The lowest BCUT2D eigenvalue weighted by Gasteiger charge is -2.55. The van der Waals surface area contributed by atoms with Gasteiger partial charge in [-0.3, -0.25) is 14.4 Å². The first-order valence-electron chi connectivity index (χ1n) is 14.5. The van der Waals surface area contributed by atoms with E-state index in [1.807, 2.05) is 0 Å². The predicted molar refractivity (Wildman–Crippen MR) is 146 cm³/mol. The summed E-state index contributed by atoms with van der Waals surface area (Å²) in [6, 6.07) is 2.69. The highest BCUT2D eigenvalue weighted by Gasteiger charge is 2.68. The van der Waals surface area contributed by atoms with Gasteiger partial charge in [0.15, 0.2) is 29.2 Å². The fourth-order valence-corrected chi connectivity index (χ4v) is 7.25. The van der Waals surface area contributed by atoms with Gasteiger partial charge in [0.05, 0.1) is 47.3 Å². The number of ether oxygens (including phenoxy) is 3. The number of hydrogen-bond donors (Lipinski definition) is 6. The molecule has 0 spiro atoms. The van der Waals surface area contributed by atoms with E-state index in [0.29, 0.717) is 0 Å². The van der Waals surface area contributed by atoms with Crippen molar-refractivity contribution in [2.24, 2.45) is 0 Å². The van der Waals surface area contributed by atoms with Crippen LogP contribution in [0, 0.1) is 0 Å². The zero-order chi connectivity index (χ0) is 31.2. The van der Waals surface area contributed by atoms with Crippen LogP contribution < -0.4 is 0 Å². The van der Waals surface area contributed by atoms with Crippen LogP contribution in [0.5, 0.6) is 5.75 Å². The van der Waals surface area contributed by atoms with Crippen molar-refractivity contribution in [1.82, 2.24) is 0 Å². The van der Waals surface area contributed by atoms with Crippen LogP contribution in [0.25, 0.3) is 0 Å². The molecule has 0 radical (unpaired) electrons. The smallest absolute Gasteiger partial charge is 0.198 e. The molecular formula is C31H36O12. The van der Waals surface area contributed by atoms with Crippen molar-refractivity contribution in [2.75, 3.05) is 0 Å². The van der Waals surface area contributed by atoms with Crippen molar-refractivity contribution in [3.05, 3.63) is 52.1 Å². The van der Waals surface area contributed by atoms with Crippen molar-refractivity contribution >= 4 is 17.3 Å². The Bertz CT molecular complexity index is 1450. The van der Waals surface area contributed by atoms with Crippen LogP contribution in [0.4, 0.5) is 0 Å². The lowest BCUT2D eigenvalue weighted by atomic mass is 9.57. The van der Waals surface area contributed by atoms with Gasteiger partial charge in [-0.25, -0.2) is 0 Å². The average Bonchev–Trinajstić information content (AvgIpc) is 2.91. The Hall–Kier alpha value is -2.81. The Morgan fingerprint density at radius 3 is 2.35 bits per heavy atom. The van der Waals surface area contributed by atoms with Crippen LogP contribution in [0.3, 0.4) is 0 Å². The van der Waals surface area contributed by atoms with Crippen LogP contribution in [-0.2, 0) is 19.0 Å². The number of ketones is 3. The van der Waals surface area contributed by atoms with E-state index in [9.17, 15) is 45.0 Å². The Morgan fingerprint density at radius 2 is 1.67 bits per heavy atom. The Morgan fingerprint density at radius 1 is 0.953 bits per heavy atom. The molecular weight excluding hydrogens is 564 g/mol. The summed E-state index contributed by atoms with van der Waals surface area (Å²) in [6.45, 7) is 4.56. The number of allylic oxidation sites excluding steroid dienone is 2. The van der Waals surface area contributed by atoms with Gasteiger partial charge >= 0.3 is 0 Å². The zero-order valence-corrected chi connectivity index (χ0v) is 24.0. The number of aromatic hydroxyl groups is 1. The topological polar surface area (TPSA) is 200 Å². The minimum atomic E-state index is -2.42. The van der Waals surface area contributed by atoms with Crippen molar-refractivity contribution < 1.29 is 59.2 Å². The zero-order valence-electron chi connectivity index (χ0n) is 24.0. The highest BCUT2D eigenvalue weighted by atomic mass is 16.7. The molecule has 0 amide bonds. The van der Waals surface area contributed by atoms with Crippen molar-refractivity contribution in [1.29, 1.82) is 0 Å². The predicted octanol–water partition coefficient (Wildman–Crippen LogP) is 0.696. The molecule has 12 heteroatoms. The Labute approximate surface area is 247 Å². The molecule has 10 atom stereocenters. The third-order valence-electron chi connectivity index (χ3n) is 9.46. The molecule has 43 heavy (non-hydrogen) atoms. The quantitative estimate of drug-likeness (QED) is 0.284. The fourth-order valence-electron chi connectivity index (χ4n) is 7.25. The van der Waals surface area contributed by atoms with Gasteiger partial charge in [0.1, 0.15) is 17.5 Å². The Kier molecular flexibility index (Phi) is 7.11. The molecule has 2 saturated heterocycles. The first kappa shape index (κ1) is 30.2. The van der Waals surface area contributed by atoms with Crippen LogP contribution in [-0.4, -0.2) is 102 Å². The highest BCUT2D eigenvalue weighted by molar-refractivity contribution is 6.32. The number of phenols is 1. The molecule has 3 aliphatic carbocycles. The first-order chi connectivity index (χ1) is 20.1. The van der Waals surface area contributed by atoms with E-state index in [0.717, 1.165) is 0 Å². The number of fused-ring (bicyclic) bond motifs is 3. The van der Waals surface area contributed by atoms with Gasteiger partial charge in [-0.2, -0.15) is 0 Å². The van der Waals surface area contributed by atoms with Gasteiger partial charge < -0.3 is 44.8 Å². The molecule has 2 heterocycles. The van der Waals surface area contributed by atoms with Crippen LogP contribution in [0.2, 0.25) is 0 Å². The number of aliphatic hydroxyl groups excluding tert-OH is 3. The van der Waals surface area contributed by atoms with Crippen molar-refractivity contribution in [3.63, 3.8) is 0 Å². The minimum absolute atomic E-state index is 0.0687. The van der Waals surface area contributed by atoms with Gasteiger partial charge in [0, 0.05) is 42.4 Å². The maximum absolute atomic E-state index is 14.3. The molecule has 0 bridgehead atoms. The van der Waals surface area contributed by atoms with Crippen LogP contribution >= 0.6 is 0 Å². The number of carbonyl (C=O) groups excluding carboxylic acids is 3. The molecule has 0 aromatic heterocycles. The summed E-state index contributed by atoms with van der Waals surface area (Å²) >= 11 is 0. The number of rotatable bonds is 3. The number of aliphatic hydroxyl groups is 5. The normalized spacial score (nSPS) is 42.9. The molecule has 2 aliphatic heterocycles. The number of Topliss-reactive ketones (excluding diaryl/α,β-unsaturated/α-hetero) is 3. The van der Waals surface area contributed by atoms with E-state index in [4.69, 9.17) is 14.2 Å². The number of carbonyl (C=O) groups is 3. The second-order valence-corrected chi connectivity index (χ2v) is 12.7. The van der Waals surface area contributed by atoms with Crippen LogP contribution in [0.1, 0.15) is 85.3 Å². The summed E-state index contributed by atoms with van der Waals surface area (Å²) in [5, 5.41) is 64.7. The van der Waals surface area contributed by atoms with E-state index in [-0.39, 0.29) is 41.5 Å². The summed E-state index contributed by atoms with van der Waals surface area (Å²) in [7, 11) is 0. The van der Waals surface area contributed by atoms with E-state index in [2.05, 4.69) is 0 Å². The van der Waals surface area contributed by atoms with Gasteiger partial charge in [-0.05, 0) is 39.3 Å². The first-order valence-corrected chi connectivity index (χ1v) is 14.5. The molecule has 1 aromatic carbocycles. The summed E-state index contributed by atoms with van der Waals surface area (Å²) in [5.41, 5.74) is -7.42. The molecule has 6 N–H and O–H groups in total. The summed E-state index contributed by atoms with van der Waals surface area (Å²) in [6.07, 6.45) is -4.75. The van der Waals surface area contributed by atoms with Gasteiger partial charge in [-0.1, -0.05) is 12.1 Å². The second kappa shape index (κ2) is 10.1. The molecule has 3 fully saturated rings. The molecule has 5 aliphatic rings. The summed E-state index contributed by atoms with van der Waals surface area (Å²) in [4.78, 5) is 42.4. The van der Waals surface area contributed by atoms with E-state index >= 15 is 0 Å². The monoisotopic (exact) mass is 600 g/mol. The molecule has 6 rings (SSSR count). The van der Waals surface area contributed by atoms with Crippen LogP contribution in [0.15, 0.2) is 35.4 Å². The molecule has 1 saturated carbocycles. The maximum Gasteiger partial charge on any atom is 0.198 e. The third-order valence-corrected chi connectivity index (χ3v) is 9.46. The van der Waals surface area contributed by atoms with Crippen molar-refractivity contribution in [3.8, 4) is 5.75 Å². The SMILES string of the molecule is CC1OC(c2ccc3c(c2O)C(=O)C2=C(C3=O)C3(O[C@H]4CC[C@H](O)[C@H](C)O4)C(=O)CC(C)(O)CC3(O)C=C2)CC(O)C1O. The molecule has 1 aromatic rings. The van der Waals surface area contributed by atoms with E-state index in [1.165, 1.54) is 31.2 Å². The summed E-state index contributed by atoms with van der Waals surface area (Å²) < 4.78 is 17.9. The number of phenolic OH excluding ortho intramolecular Hbond substituents is 1. The third kappa shape index (κ3) is 4.46. The van der Waals surface area contributed by atoms with Gasteiger partial charge in [0.25, 0.3) is 0 Å². The van der Waals surface area contributed by atoms with Crippen molar-refractivity contribution in [2.45, 2.75) is 113 Å². The number of benzene rings is 1. The summed E-state index contributed by atoms with van der Waals surface area (Å²) in [5.74, 6) is -2.99. The van der Waals surface area contributed by atoms with Gasteiger partial charge in [-0.15, -0.1) is 0 Å².